The fraction of sp³-hybridized carbons (Fsp3) is 0.133. The van der Waals surface area contributed by atoms with Crippen LogP contribution < -0.4 is 5.32 Å². The number of alkyl halides is 3. The fourth-order valence-electron chi connectivity index (χ4n) is 4.61. The molecule has 0 unspecified atom stereocenters. The molecule has 0 spiro atoms. The lowest BCUT2D eigenvalue weighted by Crippen LogP contribution is -2.30. The Balaban J connectivity index is 1.53. The molecule has 0 fully saturated rings. The highest BCUT2D eigenvalue weighted by molar-refractivity contribution is 6.30. The van der Waals surface area contributed by atoms with Crippen LogP contribution in [0.2, 0.25) is 5.02 Å². The van der Waals surface area contributed by atoms with E-state index in [-0.39, 0.29) is 12.3 Å². The van der Waals surface area contributed by atoms with Gasteiger partial charge in [0.1, 0.15) is 5.65 Å². The summed E-state index contributed by atoms with van der Waals surface area (Å²) in [6.45, 7) is 0. The van der Waals surface area contributed by atoms with Crippen molar-refractivity contribution in [2.24, 2.45) is 0 Å². The summed E-state index contributed by atoms with van der Waals surface area (Å²) in [5, 5.41) is 3.54. The van der Waals surface area contributed by atoms with E-state index in [0.717, 1.165) is 23.3 Å². The Morgan fingerprint density at radius 2 is 1.50 bits per heavy atom. The Labute approximate surface area is 222 Å². The first-order valence-corrected chi connectivity index (χ1v) is 12.4. The Kier molecular flexibility index (Phi) is 7.20. The van der Waals surface area contributed by atoms with Crippen molar-refractivity contribution in [2.75, 3.05) is 0 Å². The van der Waals surface area contributed by atoms with Crippen molar-refractivity contribution in [2.45, 2.75) is 24.6 Å². The summed E-state index contributed by atoms with van der Waals surface area (Å²) >= 11 is 6.22. The van der Waals surface area contributed by atoms with Crippen LogP contribution in [0.5, 0.6) is 0 Å². The van der Waals surface area contributed by atoms with Crippen molar-refractivity contribution < 1.29 is 18.0 Å². The number of carbonyl (C=O) groups is 1. The van der Waals surface area contributed by atoms with E-state index in [9.17, 15) is 18.0 Å². The molecule has 0 saturated heterocycles. The van der Waals surface area contributed by atoms with Crippen LogP contribution in [0.25, 0.3) is 5.65 Å². The number of pyridine rings is 1. The summed E-state index contributed by atoms with van der Waals surface area (Å²) in [7, 11) is 0. The SMILES string of the molecule is O=C(C[C@@H](c1cccc(C(F)(F)F)c1)c1cnc2ccc(Cl)cn12)NC(c1ccccc1)c1ccccc1. The van der Waals surface area contributed by atoms with Gasteiger partial charge < -0.3 is 9.72 Å². The van der Waals surface area contributed by atoms with Crippen LogP contribution >= 0.6 is 11.6 Å². The number of benzene rings is 3. The Morgan fingerprint density at radius 3 is 2.13 bits per heavy atom. The van der Waals surface area contributed by atoms with Crippen LogP contribution in [0, 0.1) is 0 Å². The van der Waals surface area contributed by atoms with Crippen LogP contribution in [0.1, 0.15) is 46.3 Å². The van der Waals surface area contributed by atoms with Gasteiger partial charge >= 0.3 is 6.18 Å². The van der Waals surface area contributed by atoms with E-state index in [2.05, 4.69) is 10.3 Å². The molecule has 0 saturated carbocycles. The molecule has 0 aliphatic carbocycles. The number of nitrogens with one attached hydrogen (secondary N) is 1. The molecule has 0 aliphatic heterocycles. The van der Waals surface area contributed by atoms with Crippen molar-refractivity contribution in [1.29, 1.82) is 0 Å². The van der Waals surface area contributed by atoms with Crippen LogP contribution in [-0.2, 0) is 11.0 Å². The van der Waals surface area contributed by atoms with Gasteiger partial charge in [0.05, 0.1) is 22.3 Å². The quantitative estimate of drug-likeness (QED) is 0.236. The Hall–Kier alpha value is -4.10. The number of fused-ring (bicyclic) bond motifs is 1. The second-order valence-electron chi connectivity index (χ2n) is 8.96. The lowest BCUT2D eigenvalue weighted by atomic mass is 9.90. The minimum Gasteiger partial charge on any atom is -0.345 e. The smallest absolute Gasteiger partial charge is 0.345 e. The summed E-state index contributed by atoms with van der Waals surface area (Å²) in [6.07, 6.45) is -1.39. The third-order valence-electron chi connectivity index (χ3n) is 6.43. The molecule has 0 radical (unpaired) electrons. The first kappa shape index (κ1) is 25.5. The van der Waals surface area contributed by atoms with Gasteiger partial charge in [-0.25, -0.2) is 4.98 Å². The monoisotopic (exact) mass is 533 g/mol. The lowest BCUT2D eigenvalue weighted by Gasteiger charge is -2.23. The van der Waals surface area contributed by atoms with E-state index in [1.165, 1.54) is 6.07 Å². The highest BCUT2D eigenvalue weighted by atomic mass is 35.5. The van der Waals surface area contributed by atoms with Crippen LogP contribution in [-0.4, -0.2) is 15.3 Å². The number of halogens is 4. The molecule has 2 heterocycles. The lowest BCUT2D eigenvalue weighted by molar-refractivity contribution is -0.137. The number of imidazole rings is 1. The van der Waals surface area contributed by atoms with Gasteiger partial charge in [0, 0.05) is 24.7 Å². The van der Waals surface area contributed by atoms with Crippen molar-refractivity contribution in [3.8, 4) is 0 Å². The Bertz CT molecular complexity index is 1510. The van der Waals surface area contributed by atoms with Crippen molar-refractivity contribution >= 4 is 23.2 Å². The zero-order valence-electron chi connectivity index (χ0n) is 20.1. The zero-order chi connectivity index (χ0) is 26.7. The normalized spacial score (nSPS) is 12.6. The maximum absolute atomic E-state index is 13.6. The molecule has 4 nitrogen and oxygen atoms in total. The van der Waals surface area contributed by atoms with E-state index < -0.39 is 23.7 Å². The summed E-state index contributed by atoms with van der Waals surface area (Å²) < 4.78 is 42.4. The number of nitrogens with zero attached hydrogens (tertiary/aromatic N) is 2. The van der Waals surface area contributed by atoms with Gasteiger partial charge in [-0.05, 0) is 34.9 Å². The maximum atomic E-state index is 13.6. The molecule has 1 atom stereocenters. The minimum absolute atomic E-state index is 0.0994. The first-order valence-electron chi connectivity index (χ1n) is 12.0. The van der Waals surface area contributed by atoms with E-state index in [0.29, 0.717) is 21.9 Å². The topological polar surface area (TPSA) is 46.4 Å². The zero-order valence-corrected chi connectivity index (χ0v) is 20.8. The average Bonchev–Trinajstić information content (AvgIpc) is 3.33. The molecular weight excluding hydrogens is 511 g/mol. The standard InChI is InChI=1S/C30H23ClF3N3O/c31-24-14-15-27-35-18-26(37(27)19-24)25(22-12-7-13-23(16-22)30(32,33)34)17-28(38)36-29(20-8-3-1-4-9-20)21-10-5-2-6-11-21/h1-16,18-19,25,29H,17H2,(H,36,38)/t25-/m0/s1. The number of aromatic nitrogens is 2. The molecule has 2 aromatic heterocycles. The molecule has 192 valence electrons. The summed E-state index contributed by atoms with van der Waals surface area (Å²) in [6, 6.07) is 27.1. The first-order chi connectivity index (χ1) is 18.3. The van der Waals surface area contributed by atoms with Gasteiger partial charge in [-0.15, -0.1) is 0 Å². The second kappa shape index (κ2) is 10.7. The van der Waals surface area contributed by atoms with Gasteiger partial charge in [0.2, 0.25) is 5.91 Å². The predicted molar refractivity (Wildman–Crippen MR) is 141 cm³/mol. The molecule has 0 aliphatic rings. The molecular formula is C30H23ClF3N3O. The predicted octanol–water partition coefficient (Wildman–Crippen LogP) is 7.43. The van der Waals surface area contributed by atoms with Gasteiger partial charge in [-0.3, -0.25) is 4.79 Å². The summed E-state index contributed by atoms with van der Waals surface area (Å²) in [5.41, 5.74) is 2.50. The summed E-state index contributed by atoms with van der Waals surface area (Å²) in [5.74, 6) is -1.03. The van der Waals surface area contributed by atoms with Gasteiger partial charge in [-0.2, -0.15) is 13.2 Å². The Morgan fingerprint density at radius 1 is 0.868 bits per heavy atom. The maximum Gasteiger partial charge on any atom is 0.416 e. The van der Waals surface area contributed by atoms with Gasteiger partial charge in [0.15, 0.2) is 0 Å². The molecule has 5 aromatic rings. The van der Waals surface area contributed by atoms with Gasteiger partial charge in [-0.1, -0.05) is 90.5 Å². The average molecular weight is 534 g/mol. The molecule has 1 amide bonds. The van der Waals surface area contributed by atoms with E-state index >= 15 is 0 Å². The van der Waals surface area contributed by atoms with E-state index in [4.69, 9.17) is 11.6 Å². The molecule has 3 aromatic carbocycles. The minimum atomic E-state index is -4.52. The number of rotatable bonds is 7. The van der Waals surface area contributed by atoms with E-state index in [1.807, 2.05) is 60.7 Å². The van der Waals surface area contributed by atoms with Crippen LogP contribution in [0.4, 0.5) is 13.2 Å². The molecule has 0 bridgehead atoms. The summed E-state index contributed by atoms with van der Waals surface area (Å²) in [4.78, 5) is 18.0. The largest absolute Gasteiger partial charge is 0.416 e. The number of hydrogen-bond acceptors (Lipinski definition) is 2. The van der Waals surface area contributed by atoms with Crippen LogP contribution in [0.15, 0.2) is 109 Å². The van der Waals surface area contributed by atoms with Crippen molar-refractivity contribution in [1.82, 2.24) is 14.7 Å². The fourth-order valence-corrected chi connectivity index (χ4v) is 4.77. The highest BCUT2D eigenvalue weighted by Crippen LogP contribution is 2.35. The van der Waals surface area contributed by atoms with Crippen molar-refractivity contribution in [3.05, 3.63) is 142 Å². The third-order valence-corrected chi connectivity index (χ3v) is 6.66. The van der Waals surface area contributed by atoms with Crippen LogP contribution in [0.3, 0.4) is 0 Å². The third kappa shape index (κ3) is 5.58. The molecule has 5 rings (SSSR count). The second-order valence-corrected chi connectivity index (χ2v) is 9.40. The molecule has 38 heavy (non-hydrogen) atoms. The number of amides is 1. The molecule has 8 heteroatoms. The van der Waals surface area contributed by atoms with E-state index in [1.54, 1.807) is 35.0 Å². The number of hydrogen-bond donors (Lipinski definition) is 1. The number of carbonyl (C=O) groups excluding carboxylic acids is 1. The molecule has 1 N–H and O–H groups in total. The highest BCUT2D eigenvalue weighted by Gasteiger charge is 2.32. The van der Waals surface area contributed by atoms with Gasteiger partial charge in [0.25, 0.3) is 0 Å². The van der Waals surface area contributed by atoms with Crippen molar-refractivity contribution in [3.63, 3.8) is 0 Å².